The summed E-state index contributed by atoms with van der Waals surface area (Å²) < 4.78 is 0.903. The standard InChI is InChI=1S/C11H13AsO4S/c1-17-9-4-2-8(3-5-9)12(6-10(13)14)7-11(15)16/h2-5H,6-7H2,1H3,(H,13,14)(H,15,16). The Balaban J connectivity index is 2.86. The van der Waals surface area contributed by atoms with Crippen LogP contribution in [-0.4, -0.2) is 43.1 Å². The van der Waals surface area contributed by atoms with Gasteiger partial charge in [0.15, 0.2) is 0 Å². The number of carboxylic acids is 2. The van der Waals surface area contributed by atoms with Gasteiger partial charge in [-0.15, -0.1) is 0 Å². The van der Waals surface area contributed by atoms with Gasteiger partial charge in [0, 0.05) is 0 Å². The number of aliphatic carboxylic acids is 2. The number of hydrogen-bond donors (Lipinski definition) is 2. The van der Waals surface area contributed by atoms with Crippen molar-refractivity contribution < 1.29 is 19.8 Å². The Labute approximate surface area is 108 Å². The van der Waals surface area contributed by atoms with Crippen molar-refractivity contribution in [3.63, 3.8) is 0 Å². The van der Waals surface area contributed by atoms with Gasteiger partial charge in [-0.25, -0.2) is 0 Å². The second kappa shape index (κ2) is 6.72. The molecule has 17 heavy (non-hydrogen) atoms. The summed E-state index contributed by atoms with van der Waals surface area (Å²) in [7, 11) is 0. The van der Waals surface area contributed by atoms with E-state index in [1.807, 2.05) is 30.5 Å². The van der Waals surface area contributed by atoms with Gasteiger partial charge in [0.05, 0.1) is 0 Å². The summed E-state index contributed by atoms with van der Waals surface area (Å²) >= 11 is -0.421. The number of carbonyl (C=O) groups is 2. The molecule has 0 saturated heterocycles. The summed E-state index contributed by atoms with van der Waals surface area (Å²) in [4.78, 5) is 22.5. The number of thioether (sulfide) groups is 1. The fourth-order valence-electron chi connectivity index (χ4n) is 1.36. The number of rotatable bonds is 6. The molecular formula is C11H13AsO4S. The molecular weight excluding hydrogens is 303 g/mol. The molecule has 0 spiro atoms. The molecule has 0 heterocycles. The van der Waals surface area contributed by atoms with Gasteiger partial charge in [-0.1, -0.05) is 0 Å². The molecule has 92 valence electrons. The summed E-state index contributed by atoms with van der Waals surface area (Å²) in [5.74, 6) is -1.83. The van der Waals surface area contributed by atoms with E-state index in [4.69, 9.17) is 10.2 Å². The molecule has 6 heteroatoms. The minimum atomic E-state index is -2.02. The molecule has 1 rings (SSSR count). The van der Waals surface area contributed by atoms with Gasteiger partial charge in [0.25, 0.3) is 0 Å². The number of carboxylic acid groups (broad SMARTS) is 2. The first kappa shape index (κ1) is 14.1. The average Bonchev–Trinajstić information content (AvgIpc) is 2.27. The minimum absolute atomic E-state index is 0.0160. The second-order valence-corrected chi connectivity index (χ2v) is 8.90. The molecule has 1 aromatic rings. The van der Waals surface area contributed by atoms with Gasteiger partial charge in [-0.05, 0) is 0 Å². The van der Waals surface area contributed by atoms with Gasteiger partial charge in [0.1, 0.15) is 0 Å². The van der Waals surface area contributed by atoms with Crippen LogP contribution in [0.2, 0.25) is 10.4 Å². The van der Waals surface area contributed by atoms with Crippen LogP contribution in [0.15, 0.2) is 29.2 Å². The van der Waals surface area contributed by atoms with Crippen LogP contribution in [0.3, 0.4) is 0 Å². The predicted octanol–water partition coefficient (Wildman–Crippen LogP) is 1.28. The van der Waals surface area contributed by atoms with Crippen LogP contribution in [0.1, 0.15) is 0 Å². The van der Waals surface area contributed by atoms with E-state index in [0.29, 0.717) is 0 Å². The number of hydrogen-bond acceptors (Lipinski definition) is 3. The van der Waals surface area contributed by atoms with Crippen molar-refractivity contribution in [2.24, 2.45) is 0 Å². The van der Waals surface area contributed by atoms with Crippen molar-refractivity contribution in [1.82, 2.24) is 0 Å². The van der Waals surface area contributed by atoms with Crippen molar-refractivity contribution in [1.29, 1.82) is 0 Å². The Morgan fingerprint density at radius 3 is 1.94 bits per heavy atom. The van der Waals surface area contributed by atoms with E-state index in [0.717, 1.165) is 9.25 Å². The van der Waals surface area contributed by atoms with Crippen molar-refractivity contribution in [3.05, 3.63) is 24.3 Å². The van der Waals surface area contributed by atoms with Crippen LogP contribution < -0.4 is 4.35 Å². The summed E-state index contributed by atoms with van der Waals surface area (Å²) in [5, 5.41) is 17.6. The zero-order valence-electron chi connectivity index (χ0n) is 9.29. The van der Waals surface area contributed by atoms with Crippen LogP contribution in [0.4, 0.5) is 0 Å². The van der Waals surface area contributed by atoms with Gasteiger partial charge in [-0.2, -0.15) is 0 Å². The van der Waals surface area contributed by atoms with Crippen molar-refractivity contribution in [2.75, 3.05) is 6.26 Å². The molecule has 0 saturated carbocycles. The van der Waals surface area contributed by atoms with Crippen molar-refractivity contribution >= 4 is 42.7 Å². The van der Waals surface area contributed by atoms with E-state index in [1.54, 1.807) is 11.8 Å². The molecule has 0 amide bonds. The Bertz CT molecular complexity index is 388. The van der Waals surface area contributed by atoms with Gasteiger partial charge in [0.2, 0.25) is 0 Å². The molecule has 0 radical (unpaired) electrons. The van der Waals surface area contributed by atoms with Gasteiger partial charge < -0.3 is 0 Å². The second-order valence-electron chi connectivity index (χ2n) is 3.34. The molecule has 0 fully saturated rings. The van der Waals surface area contributed by atoms with Crippen LogP contribution in [-0.2, 0) is 9.59 Å². The third-order valence-corrected chi connectivity index (χ3v) is 7.73. The first-order valence-corrected chi connectivity index (χ1v) is 9.67. The molecule has 0 unspecified atom stereocenters. The maximum atomic E-state index is 10.7. The Morgan fingerprint density at radius 2 is 1.59 bits per heavy atom. The van der Waals surface area contributed by atoms with E-state index in [9.17, 15) is 9.59 Å². The molecule has 0 aliphatic carbocycles. The first-order valence-electron chi connectivity index (χ1n) is 4.85. The molecule has 1 aromatic carbocycles. The van der Waals surface area contributed by atoms with Crippen LogP contribution in [0.5, 0.6) is 0 Å². The zero-order chi connectivity index (χ0) is 12.8. The Morgan fingerprint density at radius 1 is 1.12 bits per heavy atom. The third-order valence-electron chi connectivity index (χ3n) is 2.09. The SMILES string of the molecule is CSc1ccc([As](CC(=O)O)CC(=O)O)cc1. The van der Waals surface area contributed by atoms with Crippen LogP contribution in [0, 0.1) is 0 Å². The van der Waals surface area contributed by atoms with E-state index in [2.05, 4.69) is 0 Å². The van der Waals surface area contributed by atoms with E-state index in [-0.39, 0.29) is 10.4 Å². The Kier molecular flexibility index (Phi) is 5.58. The fraction of sp³-hybridized carbons (Fsp3) is 0.273. The van der Waals surface area contributed by atoms with E-state index >= 15 is 0 Å². The molecule has 0 aliphatic rings. The summed E-state index contributed by atoms with van der Waals surface area (Å²) in [6.07, 6.45) is 1.96. The summed E-state index contributed by atoms with van der Waals surface area (Å²) in [6, 6.07) is 7.53. The quantitative estimate of drug-likeness (QED) is 0.611. The molecule has 0 aromatic heterocycles. The number of benzene rings is 1. The predicted molar refractivity (Wildman–Crippen MR) is 68.5 cm³/mol. The summed E-state index contributed by atoms with van der Waals surface area (Å²) in [5.41, 5.74) is 0. The van der Waals surface area contributed by atoms with E-state index in [1.165, 1.54) is 0 Å². The van der Waals surface area contributed by atoms with Crippen LogP contribution in [0.25, 0.3) is 0 Å². The molecule has 2 N–H and O–H groups in total. The normalized spacial score (nSPS) is 10.5. The van der Waals surface area contributed by atoms with Crippen molar-refractivity contribution in [3.8, 4) is 0 Å². The fourth-order valence-corrected chi connectivity index (χ4v) is 5.33. The third kappa shape index (κ3) is 4.84. The molecule has 0 atom stereocenters. The van der Waals surface area contributed by atoms with Crippen LogP contribution >= 0.6 is 11.8 Å². The first-order chi connectivity index (χ1) is 8.02. The molecule has 0 bridgehead atoms. The topological polar surface area (TPSA) is 74.6 Å². The monoisotopic (exact) mass is 316 g/mol. The zero-order valence-corrected chi connectivity index (χ0v) is 12.0. The van der Waals surface area contributed by atoms with Crippen molar-refractivity contribution in [2.45, 2.75) is 15.3 Å². The average molecular weight is 316 g/mol. The summed E-state index contributed by atoms with van der Waals surface area (Å²) in [6.45, 7) is 0. The molecule has 4 nitrogen and oxygen atoms in total. The van der Waals surface area contributed by atoms with E-state index < -0.39 is 26.6 Å². The molecule has 0 aliphatic heterocycles. The van der Waals surface area contributed by atoms with Gasteiger partial charge >= 0.3 is 108 Å². The van der Waals surface area contributed by atoms with Gasteiger partial charge in [-0.3, -0.25) is 0 Å². The maximum absolute atomic E-state index is 10.7. The Hall–Kier alpha value is -0.932.